The zero-order chi connectivity index (χ0) is 14.5. The number of aromatic nitrogens is 2. The van der Waals surface area contributed by atoms with Gasteiger partial charge in [0, 0.05) is 23.8 Å². The largest absolute Gasteiger partial charge is 0.241 e. The maximum absolute atomic E-state index is 5.96. The topological polar surface area (TPSA) is 25.8 Å². The van der Waals surface area contributed by atoms with Crippen LogP contribution in [0.25, 0.3) is 0 Å². The van der Waals surface area contributed by atoms with Crippen LogP contribution in [0.3, 0.4) is 0 Å². The van der Waals surface area contributed by atoms with Crippen molar-refractivity contribution in [2.75, 3.05) is 0 Å². The normalized spacial score (nSPS) is 22.1. The lowest BCUT2D eigenvalue weighted by molar-refractivity contribution is 0.309. The van der Waals surface area contributed by atoms with Crippen molar-refractivity contribution in [1.29, 1.82) is 0 Å². The van der Waals surface area contributed by atoms with E-state index >= 15 is 0 Å². The predicted molar refractivity (Wildman–Crippen MR) is 86.5 cm³/mol. The number of nitrogens with zero attached hydrogens (tertiary/aromatic N) is 2. The van der Waals surface area contributed by atoms with Crippen molar-refractivity contribution in [1.82, 2.24) is 9.97 Å². The molecule has 0 atom stereocenters. The van der Waals surface area contributed by atoms with E-state index in [4.69, 9.17) is 11.6 Å². The van der Waals surface area contributed by atoms with E-state index in [2.05, 4.69) is 22.1 Å². The molecule has 1 saturated carbocycles. The zero-order valence-electron chi connectivity index (χ0n) is 12.2. The number of hydrogen-bond acceptors (Lipinski definition) is 2. The second-order valence-corrected chi connectivity index (χ2v) is 6.41. The minimum atomic E-state index is 0.714. The Balaban J connectivity index is 1.48. The number of hydrogen-bond donors (Lipinski definition) is 0. The molecule has 0 bridgehead atoms. The number of rotatable bonds is 4. The van der Waals surface area contributed by atoms with Gasteiger partial charge >= 0.3 is 0 Å². The van der Waals surface area contributed by atoms with Gasteiger partial charge in [-0.3, -0.25) is 0 Å². The van der Waals surface area contributed by atoms with E-state index < -0.39 is 0 Å². The van der Waals surface area contributed by atoms with Gasteiger partial charge in [0.2, 0.25) is 0 Å². The molecule has 0 unspecified atom stereocenters. The Morgan fingerprint density at radius 2 is 1.62 bits per heavy atom. The molecule has 1 aromatic carbocycles. The molecular weight excluding hydrogens is 280 g/mol. The quantitative estimate of drug-likeness (QED) is 0.791. The molecule has 1 aromatic heterocycles. The fourth-order valence-electron chi connectivity index (χ4n) is 3.31. The molecule has 0 amide bonds. The second kappa shape index (κ2) is 7.04. The van der Waals surface area contributed by atoms with Gasteiger partial charge in [0.25, 0.3) is 0 Å². The smallest absolute Gasteiger partial charge is 0.128 e. The Morgan fingerprint density at radius 1 is 0.952 bits per heavy atom. The van der Waals surface area contributed by atoms with Crippen LogP contribution in [0.1, 0.15) is 49.4 Å². The minimum Gasteiger partial charge on any atom is -0.241 e. The Kier molecular flexibility index (Phi) is 4.87. The highest BCUT2D eigenvalue weighted by atomic mass is 35.5. The SMILES string of the molecule is Clc1ccc(C2CCC(CCc3ncccn3)CC2)cc1. The molecule has 0 radical (unpaired) electrons. The molecule has 0 N–H and O–H groups in total. The lowest BCUT2D eigenvalue weighted by Gasteiger charge is -2.28. The molecule has 21 heavy (non-hydrogen) atoms. The fourth-order valence-corrected chi connectivity index (χ4v) is 3.44. The van der Waals surface area contributed by atoms with E-state index in [-0.39, 0.29) is 0 Å². The number of aryl methyl sites for hydroxylation is 1. The van der Waals surface area contributed by atoms with E-state index in [0.717, 1.165) is 23.2 Å². The molecule has 1 fully saturated rings. The highest BCUT2D eigenvalue weighted by molar-refractivity contribution is 6.30. The van der Waals surface area contributed by atoms with Gasteiger partial charge in [-0.1, -0.05) is 23.7 Å². The van der Waals surface area contributed by atoms with Crippen LogP contribution in [-0.4, -0.2) is 9.97 Å². The van der Waals surface area contributed by atoms with Crippen LogP contribution >= 0.6 is 11.6 Å². The molecule has 0 saturated heterocycles. The van der Waals surface area contributed by atoms with Crippen LogP contribution in [0.4, 0.5) is 0 Å². The maximum Gasteiger partial charge on any atom is 0.128 e. The Labute approximate surface area is 131 Å². The van der Waals surface area contributed by atoms with Crippen molar-refractivity contribution >= 4 is 11.6 Å². The average molecular weight is 301 g/mol. The summed E-state index contributed by atoms with van der Waals surface area (Å²) in [6.07, 6.45) is 11.1. The van der Waals surface area contributed by atoms with Gasteiger partial charge < -0.3 is 0 Å². The van der Waals surface area contributed by atoms with E-state index in [1.165, 1.54) is 37.7 Å². The van der Waals surface area contributed by atoms with Crippen molar-refractivity contribution in [3.63, 3.8) is 0 Å². The van der Waals surface area contributed by atoms with Gasteiger partial charge in [-0.25, -0.2) is 9.97 Å². The summed E-state index contributed by atoms with van der Waals surface area (Å²) in [5.41, 5.74) is 1.45. The van der Waals surface area contributed by atoms with Crippen molar-refractivity contribution < 1.29 is 0 Å². The first-order valence-corrected chi connectivity index (χ1v) is 8.20. The molecule has 1 aliphatic carbocycles. The molecule has 3 heteroatoms. The van der Waals surface area contributed by atoms with Gasteiger partial charge in [-0.15, -0.1) is 0 Å². The maximum atomic E-state index is 5.96. The third-order valence-electron chi connectivity index (χ3n) is 4.58. The molecule has 1 heterocycles. The van der Waals surface area contributed by atoms with Crippen molar-refractivity contribution in [2.45, 2.75) is 44.4 Å². The molecule has 2 nitrogen and oxygen atoms in total. The summed E-state index contributed by atoms with van der Waals surface area (Å²) in [6, 6.07) is 10.3. The minimum absolute atomic E-state index is 0.714. The van der Waals surface area contributed by atoms with Crippen LogP contribution in [0.5, 0.6) is 0 Å². The lowest BCUT2D eigenvalue weighted by Crippen LogP contribution is -2.14. The molecule has 3 rings (SSSR count). The second-order valence-electron chi connectivity index (χ2n) is 5.97. The highest BCUT2D eigenvalue weighted by Gasteiger charge is 2.22. The van der Waals surface area contributed by atoms with Crippen LogP contribution in [-0.2, 0) is 6.42 Å². The Morgan fingerprint density at radius 3 is 2.29 bits per heavy atom. The predicted octanol–water partition coefficient (Wildman–Crippen LogP) is 5.04. The lowest BCUT2D eigenvalue weighted by atomic mass is 9.77. The van der Waals surface area contributed by atoms with Crippen molar-refractivity contribution in [2.24, 2.45) is 5.92 Å². The van der Waals surface area contributed by atoms with Gasteiger partial charge in [-0.05, 0) is 67.7 Å². The standard InChI is InChI=1S/C18H21ClN2/c19-17-9-7-16(8-10-17)15-5-2-14(3-6-15)4-11-18-20-12-1-13-21-18/h1,7-10,12-15H,2-6,11H2. The van der Waals surface area contributed by atoms with Gasteiger partial charge in [0.15, 0.2) is 0 Å². The third-order valence-corrected chi connectivity index (χ3v) is 4.84. The first-order chi connectivity index (χ1) is 10.3. The molecule has 1 aliphatic rings. The van der Waals surface area contributed by atoms with Gasteiger partial charge in [-0.2, -0.15) is 0 Å². The summed E-state index contributed by atoms with van der Waals surface area (Å²) in [5, 5.41) is 0.829. The summed E-state index contributed by atoms with van der Waals surface area (Å²) >= 11 is 5.96. The number of halogens is 1. The monoisotopic (exact) mass is 300 g/mol. The Bertz CT molecular complexity index is 545. The fraction of sp³-hybridized carbons (Fsp3) is 0.444. The number of benzene rings is 1. The Hall–Kier alpha value is -1.41. The molecule has 0 spiro atoms. The van der Waals surface area contributed by atoms with E-state index in [1.54, 1.807) is 0 Å². The van der Waals surface area contributed by atoms with Crippen LogP contribution in [0, 0.1) is 5.92 Å². The van der Waals surface area contributed by atoms with Crippen LogP contribution in [0.15, 0.2) is 42.7 Å². The first-order valence-electron chi connectivity index (χ1n) is 7.82. The van der Waals surface area contributed by atoms with Gasteiger partial charge in [0.1, 0.15) is 5.82 Å². The average Bonchev–Trinajstić information content (AvgIpc) is 2.55. The van der Waals surface area contributed by atoms with Crippen molar-refractivity contribution in [3.8, 4) is 0 Å². The van der Waals surface area contributed by atoms with Gasteiger partial charge in [0.05, 0.1) is 0 Å². The van der Waals surface area contributed by atoms with Crippen molar-refractivity contribution in [3.05, 3.63) is 59.1 Å². The zero-order valence-corrected chi connectivity index (χ0v) is 13.0. The summed E-state index contributed by atoms with van der Waals surface area (Å²) < 4.78 is 0. The first kappa shape index (κ1) is 14.5. The highest BCUT2D eigenvalue weighted by Crippen LogP contribution is 2.37. The summed E-state index contributed by atoms with van der Waals surface area (Å²) in [4.78, 5) is 8.62. The molecule has 2 aromatic rings. The molecular formula is C18H21ClN2. The summed E-state index contributed by atoms with van der Waals surface area (Å²) in [7, 11) is 0. The summed E-state index contributed by atoms with van der Waals surface area (Å²) in [6.45, 7) is 0. The molecule has 0 aliphatic heterocycles. The van der Waals surface area contributed by atoms with Crippen LogP contribution < -0.4 is 0 Å². The van der Waals surface area contributed by atoms with E-state index in [9.17, 15) is 0 Å². The van der Waals surface area contributed by atoms with E-state index in [1.807, 2.05) is 30.6 Å². The summed E-state index contributed by atoms with van der Waals surface area (Å²) in [5.74, 6) is 2.53. The van der Waals surface area contributed by atoms with E-state index in [0.29, 0.717) is 5.92 Å². The molecule has 110 valence electrons. The van der Waals surface area contributed by atoms with Crippen LogP contribution in [0.2, 0.25) is 5.02 Å². The third kappa shape index (κ3) is 4.04.